The first-order valence-electron chi connectivity index (χ1n) is 8.10. The number of fused-ring (bicyclic) bond motifs is 1. The SMILES string of the molecule is Cc1cc2c(NCCCc3ccc(N=[N+]=[N-])cc3)nc(C(F)(F)F)nc2s1. The fourth-order valence-corrected chi connectivity index (χ4v) is 3.46. The van der Waals surface area contributed by atoms with Crippen LogP contribution in [0.15, 0.2) is 35.4 Å². The highest BCUT2D eigenvalue weighted by Gasteiger charge is 2.35. The summed E-state index contributed by atoms with van der Waals surface area (Å²) in [4.78, 5) is 11.2. The van der Waals surface area contributed by atoms with E-state index in [0.717, 1.165) is 16.9 Å². The Balaban J connectivity index is 1.68. The summed E-state index contributed by atoms with van der Waals surface area (Å²) in [6.07, 6.45) is -3.15. The quantitative estimate of drug-likeness (QED) is 0.241. The van der Waals surface area contributed by atoms with Gasteiger partial charge in [-0.2, -0.15) is 13.2 Å². The lowest BCUT2D eigenvalue weighted by Gasteiger charge is -2.10. The van der Waals surface area contributed by atoms with Crippen molar-refractivity contribution in [2.45, 2.75) is 25.9 Å². The van der Waals surface area contributed by atoms with Crippen molar-refractivity contribution in [2.24, 2.45) is 5.11 Å². The molecule has 3 rings (SSSR count). The number of rotatable bonds is 6. The van der Waals surface area contributed by atoms with Crippen LogP contribution in [0, 0.1) is 6.92 Å². The molecule has 0 unspecified atom stereocenters. The van der Waals surface area contributed by atoms with Gasteiger partial charge >= 0.3 is 6.18 Å². The summed E-state index contributed by atoms with van der Waals surface area (Å²) in [7, 11) is 0. The van der Waals surface area contributed by atoms with Gasteiger partial charge in [-0.05, 0) is 36.9 Å². The first-order chi connectivity index (χ1) is 12.9. The molecule has 10 heteroatoms. The highest BCUT2D eigenvalue weighted by atomic mass is 32.1. The number of hydrogen-bond donors (Lipinski definition) is 1. The summed E-state index contributed by atoms with van der Waals surface area (Å²) in [5.41, 5.74) is 9.97. The molecular formula is C17H15F3N6S. The molecule has 0 aliphatic rings. The van der Waals surface area contributed by atoms with E-state index in [1.165, 1.54) is 11.3 Å². The van der Waals surface area contributed by atoms with Crippen molar-refractivity contribution in [3.63, 3.8) is 0 Å². The van der Waals surface area contributed by atoms with Crippen molar-refractivity contribution in [1.82, 2.24) is 9.97 Å². The van der Waals surface area contributed by atoms with Gasteiger partial charge in [0.15, 0.2) is 0 Å². The Morgan fingerprint density at radius 3 is 2.63 bits per heavy atom. The van der Waals surface area contributed by atoms with Gasteiger partial charge in [-0.25, -0.2) is 9.97 Å². The largest absolute Gasteiger partial charge is 0.451 e. The molecular weight excluding hydrogens is 377 g/mol. The van der Waals surface area contributed by atoms with E-state index in [0.29, 0.717) is 28.9 Å². The average Bonchev–Trinajstić information content (AvgIpc) is 3.00. The van der Waals surface area contributed by atoms with Crippen molar-refractivity contribution in [2.75, 3.05) is 11.9 Å². The maximum absolute atomic E-state index is 13.0. The van der Waals surface area contributed by atoms with Crippen molar-refractivity contribution >= 4 is 33.1 Å². The number of azide groups is 1. The number of nitrogens with one attached hydrogen (secondary N) is 1. The smallest absolute Gasteiger partial charge is 0.369 e. The number of hydrogen-bond acceptors (Lipinski definition) is 5. The van der Waals surface area contributed by atoms with Crippen LogP contribution in [0.3, 0.4) is 0 Å². The van der Waals surface area contributed by atoms with E-state index in [9.17, 15) is 13.2 Å². The fraction of sp³-hybridized carbons (Fsp3) is 0.294. The molecule has 1 aromatic carbocycles. The molecule has 0 radical (unpaired) electrons. The number of nitrogens with zero attached hydrogens (tertiary/aromatic N) is 5. The zero-order chi connectivity index (χ0) is 19.4. The minimum atomic E-state index is -4.59. The molecule has 0 aliphatic heterocycles. The third kappa shape index (κ3) is 4.66. The van der Waals surface area contributed by atoms with Crippen LogP contribution in [0.4, 0.5) is 24.7 Å². The Morgan fingerprint density at radius 2 is 1.96 bits per heavy atom. The van der Waals surface area contributed by atoms with Gasteiger partial charge in [0, 0.05) is 22.0 Å². The Bertz CT molecular complexity index is 990. The van der Waals surface area contributed by atoms with Crippen LogP contribution >= 0.6 is 11.3 Å². The highest BCUT2D eigenvalue weighted by Crippen LogP contribution is 2.33. The molecule has 0 aliphatic carbocycles. The second kappa shape index (κ2) is 7.81. The van der Waals surface area contributed by atoms with Crippen molar-refractivity contribution in [1.29, 1.82) is 0 Å². The molecule has 0 saturated heterocycles. The number of halogens is 3. The maximum atomic E-state index is 13.0. The Kier molecular flexibility index (Phi) is 5.48. The second-order valence-corrected chi connectivity index (χ2v) is 7.09. The lowest BCUT2D eigenvalue weighted by molar-refractivity contribution is -0.144. The number of alkyl halides is 3. The molecule has 3 aromatic rings. The average molecular weight is 392 g/mol. The van der Waals surface area contributed by atoms with Crippen LogP contribution in [-0.4, -0.2) is 16.5 Å². The lowest BCUT2D eigenvalue weighted by atomic mass is 10.1. The fourth-order valence-electron chi connectivity index (χ4n) is 2.58. The topological polar surface area (TPSA) is 86.6 Å². The maximum Gasteiger partial charge on any atom is 0.451 e. The molecule has 0 atom stereocenters. The number of thiophene rings is 1. The Hall–Kier alpha value is -2.84. The standard InChI is InChI=1S/C17H15F3N6S/c1-10-9-13-14(23-16(17(18,19)20)24-15(13)27-10)22-8-2-3-11-4-6-12(7-5-11)25-26-21/h4-7,9H,2-3,8H2,1H3,(H,22,23,24). The predicted molar refractivity (Wildman–Crippen MR) is 99.2 cm³/mol. The normalized spacial score (nSPS) is 11.4. The Labute approximate surface area is 156 Å². The van der Waals surface area contributed by atoms with Gasteiger partial charge in [0.1, 0.15) is 10.6 Å². The van der Waals surface area contributed by atoms with Gasteiger partial charge in [0.25, 0.3) is 0 Å². The third-order valence-corrected chi connectivity index (χ3v) is 4.75. The lowest BCUT2D eigenvalue weighted by Crippen LogP contribution is -2.13. The third-order valence-electron chi connectivity index (χ3n) is 3.80. The van der Waals surface area contributed by atoms with Crippen molar-refractivity contribution < 1.29 is 13.2 Å². The monoisotopic (exact) mass is 392 g/mol. The molecule has 6 nitrogen and oxygen atoms in total. The zero-order valence-electron chi connectivity index (χ0n) is 14.3. The minimum Gasteiger partial charge on any atom is -0.369 e. The van der Waals surface area contributed by atoms with Gasteiger partial charge in [0.05, 0.1) is 5.39 Å². The molecule has 140 valence electrons. The van der Waals surface area contributed by atoms with Gasteiger partial charge in [-0.1, -0.05) is 29.4 Å². The summed E-state index contributed by atoms with van der Waals surface area (Å²) in [5.74, 6) is -0.927. The van der Waals surface area contributed by atoms with Crippen LogP contribution in [0.5, 0.6) is 0 Å². The van der Waals surface area contributed by atoms with Crippen molar-refractivity contribution in [3.05, 3.63) is 57.0 Å². The molecule has 0 bridgehead atoms. The van der Waals surface area contributed by atoms with E-state index in [2.05, 4.69) is 25.3 Å². The first kappa shape index (κ1) is 18.9. The van der Waals surface area contributed by atoms with Crippen LogP contribution < -0.4 is 5.32 Å². The summed E-state index contributed by atoms with van der Waals surface area (Å²) >= 11 is 1.21. The molecule has 0 saturated carbocycles. The molecule has 27 heavy (non-hydrogen) atoms. The molecule has 0 amide bonds. The molecule has 1 N–H and O–H groups in total. The number of aromatic nitrogens is 2. The minimum absolute atomic E-state index is 0.204. The molecule has 2 heterocycles. The van der Waals surface area contributed by atoms with Crippen LogP contribution in [0.1, 0.15) is 22.7 Å². The number of anilines is 1. The number of benzene rings is 1. The van der Waals surface area contributed by atoms with Gasteiger partial charge in [-0.3, -0.25) is 0 Å². The predicted octanol–water partition coefficient (Wildman–Crippen LogP) is 6.01. The first-order valence-corrected chi connectivity index (χ1v) is 8.92. The molecule has 0 fully saturated rings. The van der Waals surface area contributed by atoms with E-state index < -0.39 is 12.0 Å². The zero-order valence-corrected chi connectivity index (χ0v) is 15.1. The summed E-state index contributed by atoms with van der Waals surface area (Å²) in [5, 5.41) is 7.11. The van der Waals surface area contributed by atoms with E-state index in [1.807, 2.05) is 19.1 Å². The molecule has 0 spiro atoms. The van der Waals surface area contributed by atoms with E-state index in [-0.39, 0.29) is 5.82 Å². The van der Waals surface area contributed by atoms with E-state index >= 15 is 0 Å². The van der Waals surface area contributed by atoms with Crippen LogP contribution in [0.25, 0.3) is 20.7 Å². The van der Waals surface area contributed by atoms with Gasteiger partial charge < -0.3 is 5.32 Å². The van der Waals surface area contributed by atoms with E-state index in [4.69, 9.17) is 5.53 Å². The number of aryl methyl sites for hydroxylation is 2. The van der Waals surface area contributed by atoms with Gasteiger partial charge in [0.2, 0.25) is 5.82 Å². The second-order valence-electron chi connectivity index (χ2n) is 5.86. The summed E-state index contributed by atoms with van der Waals surface area (Å²) in [6.45, 7) is 2.29. The summed E-state index contributed by atoms with van der Waals surface area (Å²) < 4.78 is 39.1. The highest BCUT2D eigenvalue weighted by molar-refractivity contribution is 7.18. The van der Waals surface area contributed by atoms with Crippen LogP contribution in [-0.2, 0) is 12.6 Å². The molecule has 2 aromatic heterocycles. The van der Waals surface area contributed by atoms with Crippen molar-refractivity contribution in [3.8, 4) is 0 Å². The Morgan fingerprint density at radius 1 is 1.22 bits per heavy atom. The van der Waals surface area contributed by atoms with Crippen LogP contribution in [0.2, 0.25) is 0 Å². The van der Waals surface area contributed by atoms with E-state index in [1.54, 1.807) is 18.2 Å². The van der Waals surface area contributed by atoms with Gasteiger partial charge in [-0.15, -0.1) is 11.3 Å². The summed E-state index contributed by atoms with van der Waals surface area (Å²) in [6, 6.07) is 8.95.